The van der Waals surface area contributed by atoms with Crippen LogP contribution in [0.5, 0.6) is 0 Å². The van der Waals surface area contributed by atoms with Gasteiger partial charge < -0.3 is 8.83 Å². The molecule has 1 aromatic carbocycles. The van der Waals surface area contributed by atoms with Crippen molar-refractivity contribution in [3.05, 3.63) is 58.0 Å². The Kier molecular flexibility index (Phi) is 3.64. The van der Waals surface area contributed by atoms with Gasteiger partial charge in [0.25, 0.3) is 0 Å². The van der Waals surface area contributed by atoms with Crippen molar-refractivity contribution in [3.8, 4) is 0 Å². The molecule has 0 spiro atoms. The second-order valence-electron chi connectivity index (χ2n) is 5.06. The number of nitrogens with zero attached hydrogens (tertiary/aromatic N) is 1. The van der Waals surface area contributed by atoms with Crippen molar-refractivity contribution < 1.29 is 8.83 Å². The number of halogens is 1. The SMILES string of the molecule is CCCn1c(=O)oc2cc(C(Cl)c3ccc(C)o3)ccc21. The third kappa shape index (κ3) is 2.51. The maximum atomic E-state index is 11.8. The minimum absolute atomic E-state index is 0.330. The fourth-order valence-corrected chi connectivity index (χ4v) is 2.68. The van der Waals surface area contributed by atoms with E-state index >= 15 is 0 Å². The predicted octanol–water partition coefficient (Wildman–Crippen LogP) is 4.23. The standard InChI is InChI=1S/C16H16ClNO3/c1-3-8-18-12-6-5-11(9-14(12)21-16(18)19)15(17)13-7-4-10(2)20-13/h4-7,9,15H,3,8H2,1-2H3. The molecule has 3 rings (SSSR count). The normalized spacial score (nSPS) is 12.9. The summed E-state index contributed by atoms with van der Waals surface area (Å²) in [5.41, 5.74) is 2.20. The first-order valence-corrected chi connectivity index (χ1v) is 7.37. The first kappa shape index (κ1) is 14.0. The smallest absolute Gasteiger partial charge is 0.419 e. The molecule has 0 saturated carbocycles. The summed E-state index contributed by atoms with van der Waals surface area (Å²) >= 11 is 6.43. The summed E-state index contributed by atoms with van der Waals surface area (Å²) in [5.74, 6) is 1.17. The largest absolute Gasteiger partial charge is 0.464 e. The van der Waals surface area contributed by atoms with Gasteiger partial charge in [-0.2, -0.15) is 0 Å². The highest BCUT2D eigenvalue weighted by atomic mass is 35.5. The summed E-state index contributed by atoms with van der Waals surface area (Å²) in [6.07, 6.45) is 0.875. The van der Waals surface area contributed by atoms with Gasteiger partial charge in [-0.15, -0.1) is 11.6 Å². The van der Waals surface area contributed by atoms with Crippen molar-refractivity contribution in [2.45, 2.75) is 32.2 Å². The zero-order valence-corrected chi connectivity index (χ0v) is 12.7. The fraction of sp³-hybridized carbons (Fsp3) is 0.312. The summed E-state index contributed by atoms with van der Waals surface area (Å²) in [6, 6.07) is 9.31. The van der Waals surface area contributed by atoms with Crippen LogP contribution in [0.2, 0.25) is 0 Å². The van der Waals surface area contributed by atoms with Crippen LogP contribution in [0.1, 0.15) is 35.8 Å². The van der Waals surface area contributed by atoms with E-state index in [0.29, 0.717) is 17.9 Å². The van der Waals surface area contributed by atoms with Crippen LogP contribution >= 0.6 is 11.6 Å². The van der Waals surface area contributed by atoms with Crippen molar-refractivity contribution in [2.75, 3.05) is 0 Å². The van der Waals surface area contributed by atoms with Crippen molar-refractivity contribution in [3.63, 3.8) is 0 Å². The van der Waals surface area contributed by atoms with E-state index in [1.54, 1.807) is 10.6 Å². The van der Waals surface area contributed by atoms with Crippen LogP contribution in [0.15, 0.2) is 44.0 Å². The Hall–Kier alpha value is -1.94. The van der Waals surface area contributed by atoms with Gasteiger partial charge in [0.15, 0.2) is 5.58 Å². The van der Waals surface area contributed by atoms with E-state index in [4.69, 9.17) is 20.4 Å². The van der Waals surface area contributed by atoms with Crippen LogP contribution in [0.4, 0.5) is 0 Å². The Labute approximate surface area is 126 Å². The van der Waals surface area contributed by atoms with E-state index < -0.39 is 5.38 Å². The molecule has 4 nitrogen and oxygen atoms in total. The van der Waals surface area contributed by atoms with Gasteiger partial charge in [0.2, 0.25) is 0 Å². The van der Waals surface area contributed by atoms with Crippen LogP contribution in [0.25, 0.3) is 11.1 Å². The molecule has 2 heterocycles. The van der Waals surface area contributed by atoms with Gasteiger partial charge in [-0.05, 0) is 43.2 Å². The molecule has 3 aromatic rings. The summed E-state index contributed by atoms with van der Waals surface area (Å²) < 4.78 is 12.5. The van der Waals surface area contributed by atoms with Crippen LogP contribution in [0, 0.1) is 6.92 Å². The van der Waals surface area contributed by atoms with Crippen molar-refractivity contribution in [1.82, 2.24) is 4.57 Å². The second-order valence-corrected chi connectivity index (χ2v) is 5.49. The summed E-state index contributed by atoms with van der Waals surface area (Å²) in [4.78, 5) is 11.8. The number of hydrogen-bond acceptors (Lipinski definition) is 3. The molecule has 1 atom stereocenters. The van der Waals surface area contributed by atoms with Gasteiger partial charge in [-0.3, -0.25) is 4.57 Å². The second kappa shape index (κ2) is 5.45. The molecule has 21 heavy (non-hydrogen) atoms. The molecule has 110 valence electrons. The molecule has 0 saturated heterocycles. The lowest BCUT2D eigenvalue weighted by Gasteiger charge is -2.07. The molecule has 0 aliphatic carbocycles. The minimum atomic E-state index is -0.400. The number of furan rings is 1. The molecule has 0 aliphatic heterocycles. The first-order valence-electron chi connectivity index (χ1n) is 6.94. The Morgan fingerprint density at radius 2 is 2.05 bits per heavy atom. The van der Waals surface area contributed by atoms with Crippen LogP contribution in [-0.2, 0) is 6.54 Å². The van der Waals surface area contributed by atoms with Gasteiger partial charge in [-0.25, -0.2) is 4.79 Å². The average Bonchev–Trinajstić information content (AvgIpc) is 3.02. The van der Waals surface area contributed by atoms with Gasteiger partial charge in [0, 0.05) is 6.54 Å². The topological polar surface area (TPSA) is 48.3 Å². The van der Waals surface area contributed by atoms with Crippen molar-refractivity contribution in [1.29, 1.82) is 0 Å². The lowest BCUT2D eigenvalue weighted by atomic mass is 10.1. The maximum Gasteiger partial charge on any atom is 0.419 e. The van der Waals surface area contributed by atoms with Gasteiger partial charge in [-0.1, -0.05) is 13.0 Å². The Bertz CT molecular complexity index is 828. The predicted molar refractivity (Wildman–Crippen MR) is 81.9 cm³/mol. The number of aromatic nitrogens is 1. The van der Waals surface area contributed by atoms with Crippen LogP contribution in [0.3, 0.4) is 0 Å². The Morgan fingerprint density at radius 3 is 2.71 bits per heavy atom. The van der Waals surface area contributed by atoms with E-state index in [-0.39, 0.29) is 5.76 Å². The van der Waals surface area contributed by atoms with E-state index in [0.717, 1.165) is 23.3 Å². The molecule has 0 aliphatic rings. The number of fused-ring (bicyclic) bond motifs is 1. The average molecular weight is 306 g/mol. The Balaban J connectivity index is 2.03. The lowest BCUT2D eigenvalue weighted by molar-refractivity contribution is 0.488. The molecule has 1 unspecified atom stereocenters. The maximum absolute atomic E-state index is 11.8. The first-order chi connectivity index (χ1) is 10.1. The van der Waals surface area contributed by atoms with Crippen molar-refractivity contribution in [2.24, 2.45) is 0 Å². The highest BCUT2D eigenvalue weighted by Gasteiger charge is 2.17. The zero-order valence-electron chi connectivity index (χ0n) is 11.9. The van der Waals surface area contributed by atoms with Gasteiger partial charge in [0.05, 0.1) is 5.52 Å². The molecule has 0 fully saturated rings. The third-order valence-corrected chi connectivity index (χ3v) is 3.91. The molecule has 0 bridgehead atoms. The molecule has 2 aromatic heterocycles. The number of alkyl halides is 1. The van der Waals surface area contributed by atoms with E-state index in [1.165, 1.54) is 0 Å². The summed E-state index contributed by atoms with van der Waals surface area (Å²) in [6.45, 7) is 4.54. The molecule has 0 radical (unpaired) electrons. The van der Waals surface area contributed by atoms with Gasteiger partial charge >= 0.3 is 5.76 Å². The zero-order chi connectivity index (χ0) is 15.0. The minimum Gasteiger partial charge on any atom is -0.464 e. The molecule has 5 heteroatoms. The number of hydrogen-bond donors (Lipinski definition) is 0. The van der Waals surface area contributed by atoms with E-state index in [9.17, 15) is 4.79 Å². The number of aryl methyl sites for hydroxylation is 2. The molecular formula is C16H16ClNO3. The summed E-state index contributed by atoms with van der Waals surface area (Å²) in [7, 11) is 0. The van der Waals surface area contributed by atoms with E-state index in [1.807, 2.05) is 38.1 Å². The highest BCUT2D eigenvalue weighted by molar-refractivity contribution is 6.22. The number of rotatable bonds is 4. The Morgan fingerprint density at radius 1 is 1.24 bits per heavy atom. The van der Waals surface area contributed by atoms with Crippen LogP contribution in [-0.4, -0.2) is 4.57 Å². The van der Waals surface area contributed by atoms with Crippen LogP contribution < -0.4 is 5.76 Å². The number of oxazole rings is 1. The highest BCUT2D eigenvalue weighted by Crippen LogP contribution is 2.31. The quantitative estimate of drug-likeness (QED) is 0.678. The lowest BCUT2D eigenvalue weighted by Crippen LogP contribution is -2.13. The third-order valence-electron chi connectivity index (χ3n) is 3.44. The molecule has 0 amide bonds. The fourth-order valence-electron chi connectivity index (χ4n) is 2.43. The molecular weight excluding hydrogens is 290 g/mol. The summed E-state index contributed by atoms with van der Waals surface area (Å²) in [5, 5.41) is -0.400. The molecule has 0 N–H and O–H groups in total. The number of benzene rings is 1. The van der Waals surface area contributed by atoms with E-state index in [2.05, 4.69) is 0 Å². The monoisotopic (exact) mass is 305 g/mol. The van der Waals surface area contributed by atoms with Crippen molar-refractivity contribution >= 4 is 22.7 Å². The van der Waals surface area contributed by atoms with Gasteiger partial charge in [0.1, 0.15) is 16.9 Å².